The number of nitrogens with one attached hydrogen (secondary N) is 1. The van der Waals surface area contributed by atoms with E-state index < -0.39 is 6.29 Å². The molecule has 1 aromatic heterocycles. The van der Waals surface area contributed by atoms with Crippen molar-refractivity contribution in [1.29, 1.82) is 0 Å². The monoisotopic (exact) mass is 412 g/mol. The van der Waals surface area contributed by atoms with Crippen molar-refractivity contribution in [2.45, 2.75) is 34.0 Å². The molecule has 2 heterocycles. The highest BCUT2D eigenvalue weighted by Crippen LogP contribution is 2.44. The molecule has 0 saturated heterocycles. The summed E-state index contributed by atoms with van der Waals surface area (Å²) in [5.41, 5.74) is 3.56. The van der Waals surface area contributed by atoms with E-state index in [1.807, 2.05) is 32.9 Å². The lowest BCUT2D eigenvalue weighted by atomic mass is 10.0. The van der Waals surface area contributed by atoms with Crippen LogP contribution in [0.15, 0.2) is 54.7 Å². The van der Waals surface area contributed by atoms with Crippen LogP contribution in [0.1, 0.15) is 35.3 Å². The molecule has 30 heavy (non-hydrogen) atoms. The van der Waals surface area contributed by atoms with E-state index in [2.05, 4.69) is 19.8 Å². The second kappa shape index (κ2) is 8.49. The first-order valence-electron chi connectivity index (χ1n) is 9.56. The van der Waals surface area contributed by atoms with Gasteiger partial charge < -0.3 is 14.8 Å². The molecule has 2 aromatic carbocycles. The number of hydrogen-bond donors (Lipinski definition) is 1. The number of aromatic nitrogens is 1. The number of nitrogens with zero attached hydrogens (tertiary/aromatic N) is 1. The van der Waals surface area contributed by atoms with Gasteiger partial charge in [0.1, 0.15) is 5.82 Å². The average molecular weight is 412 g/mol. The number of amides is 1. The van der Waals surface area contributed by atoms with Crippen LogP contribution in [0.25, 0.3) is 11.1 Å². The van der Waals surface area contributed by atoms with Gasteiger partial charge in [-0.15, -0.1) is 8.78 Å². The molecule has 5 nitrogen and oxygen atoms in total. The number of carbonyl (C=O) groups excluding carboxylic acids is 1. The van der Waals surface area contributed by atoms with Gasteiger partial charge in [0, 0.05) is 17.3 Å². The van der Waals surface area contributed by atoms with Crippen molar-refractivity contribution in [1.82, 2.24) is 4.98 Å². The van der Waals surface area contributed by atoms with Gasteiger partial charge in [0.15, 0.2) is 11.5 Å². The number of ether oxygens (including phenoxy) is 2. The molecule has 7 heteroatoms. The average Bonchev–Trinajstić information content (AvgIpc) is 3.02. The molecule has 156 valence electrons. The SMILES string of the molecule is CC.Cc1ccccc1C(=O)Nc1ccc(-c2cc3c(cc2C)OC(F)(F)O3)cn1. The smallest absolute Gasteiger partial charge is 0.395 e. The Balaban J connectivity index is 0.00000124. The number of pyridine rings is 1. The van der Waals surface area contributed by atoms with Crippen LogP contribution in [-0.2, 0) is 0 Å². The summed E-state index contributed by atoms with van der Waals surface area (Å²) in [7, 11) is 0. The third kappa shape index (κ3) is 4.40. The topological polar surface area (TPSA) is 60.5 Å². The number of alkyl halides is 2. The van der Waals surface area contributed by atoms with Gasteiger partial charge in [-0.3, -0.25) is 4.79 Å². The van der Waals surface area contributed by atoms with Gasteiger partial charge in [0.05, 0.1) is 0 Å². The summed E-state index contributed by atoms with van der Waals surface area (Å²) in [5, 5.41) is 2.75. The quantitative estimate of drug-likeness (QED) is 0.576. The van der Waals surface area contributed by atoms with E-state index in [9.17, 15) is 13.6 Å². The molecular weight excluding hydrogens is 390 g/mol. The molecule has 0 saturated carbocycles. The Bertz CT molecular complexity index is 1070. The highest BCUT2D eigenvalue weighted by atomic mass is 19.3. The van der Waals surface area contributed by atoms with Crippen molar-refractivity contribution >= 4 is 11.7 Å². The van der Waals surface area contributed by atoms with Gasteiger partial charge in [-0.1, -0.05) is 32.0 Å². The Hall–Kier alpha value is -3.48. The Morgan fingerprint density at radius 1 is 0.967 bits per heavy atom. The van der Waals surface area contributed by atoms with Gasteiger partial charge >= 0.3 is 6.29 Å². The minimum absolute atomic E-state index is 0.00123. The van der Waals surface area contributed by atoms with Crippen LogP contribution in [0.2, 0.25) is 0 Å². The number of benzene rings is 2. The maximum atomic E-state index is 13.2. The fourth-order valence-electron chi connectivity index (χ4n) is 3.05. The zero-order valence-electron chi connectivity index (χ0n) is 17.1. The zero-order valence-corrected chi connectivity index (χ0v) is 17.1. The summed E-state index contributed by atoms with van der Waals surface area (Å²) in [5.74, 6) is 0.116. The maximum absolute atomic E-state index is 13.2. The number of halogens is 2. The summed E-state index contributed by atoms with van der Waals surface area (Å²) in [6.07, 6.45) is -2.09. The molecule has 0 spiro atoms. The first-order chi connectivity index (χ1) is 14.3. The van der Waals surface area contributed by atoms with Crippen LogP contribution in [-0.4, -0.2) is 17.2 Å². The normalized spacial score (nSPS) is 13.3. The van der Waals surface area contributed by atoms with Crippen molar-refractivity contribution < 1.29 is 23.0 Å². The van der Waals surface area contributed by atoms with Gasteiger partial charge in [0.2, 0.25) is 0 Å². The van der Waals surface area contributed by atoms with Crippen molar-refractivity contribution in [2.75, 3.05) is 5.32 Å². The molecule has 0 atom stereocenters. The third-order valence-electron chi connectivity index (χ3n) is 4.45. The fraction of sp³-hybridized carbons (Fsp3) is 0.217. The lowest BCUT2D eigenvalue weighted by Crippen LogP contribution is -2.25. The summed E-state index contributed by atoms with van der Waals surface area (Å²) in [6.45, 7) is 7.64. The molecule has 0 bridgehead atoms. The molecule has 4 rings (SSSR count). The van der Waals surface area contributed by atoms with Crippen LogP contribution in [0, 0.1) is 13.8 Å². The molecule has 0 radical (unpaired) electrons. The number of hydrogen-bond acceptors (Lipinski definition) is 4. The lowest BCUT2D eigenvalue weighted by molar-refractivity contribution is -0.286. The minimum Gasteiger partial charge on any atom is -0.395 e. The summed E-state index contributed by atoms with van der Waals surface area (Å²) >= 11 is 0. The predicted octanol–water partition coefficient (Wildman–Crippen LogP) is 5.97. The molecule has 0 unspecified atom stereocenters. The zero-order chi connectivity index (χ0) is 21.9. The van der Waals surface area contributed by atoms with Crippen LogP contribution < -0.4 is 14.8 Å². The fourth-order valence-corrected chi connectivity index (χ4v) is 3.05. The van der Waals surface area contributed by atoms with E-state index in [1.54, 1.807) is 37.4 Å². The maximum Gasteiger partial charge on any atom is 0.586 e. The van der Waals surface area contributed by atoms with E-state index in [0.717, 1.165) is 11.1 Å². The van der Waals surface area contributed by atoms with Crippen LogP contribution in [0.3, 0.4) is 0 Å². The molecule has 1 N–H and O–H groups in total. The number of anilines is 1. The van der Waals surface area contributed by atoms with E-state index in [4.69, 9.17) is 0 Å². The molecule has 1 aliphatic rings. The highest BCUT2D eigenvalue weighted by molar-refractivity contribution is 6.04. The molecular formula is C23H22F2N2O3. The number of rotatable bonds is 3. The first kappa shape index (κ1) is 21.2. The minimum atomic E-state index is -3.66. The van der Waals surface area contributed by atoms with Crippen LogP contribution >= 0.6 is 0 Å². The van der Waals surface area contributed by atoms with E-state index in [-0.39, 0.29) is 17.4 Å². The number of carbonyl (C=O) groups is 1. The predicted molar refractivity (Wildman–Crippen MR) is 111 cm³/mol. The second-order valence-electron chi connectivity index (χ2n) is 6.48. The summed E-state index contributed by atoms with van der Waals surface area (Å²) in [6, 6.07) is 13.7. The Kier molecular flexibility index (Phi) is 6.01. The molecule has 1 amide bonds. The van der Waals surface area contributed by atoms with E-state index in [1.165, 1.54) is 12.1 Å². The Morgan fingerprint density at radius 3 is 2.27 bits per heavy atom. The molecule has 3 aromatic rings. The van der Waals surface area contributed by atoms with Crippen LogP contribution in [0.5, 0.6) is 11.5 Å². The number of fused-ring (bicyclic) bond motifs is 1. The largest absolute Gasteiger partial charge is 0.586 e. The summed E-state index contributed by atoms with van der Waals surface area (Å²) in [4.78, 5) is 16.6. The molecule has 0 aliphatic carbocycles. The van der Waals surface area contributed by atoms with Gasteiger partial charge in [-0.2, -0.15) is 0 Å². The van der Waals surface area contributed by atoms with Crippen LogP contribution in [0.4, 0.5) is 14.6 Å². The molecule has 0 fully saturated rings. The van der Waals surface area contributed by atoms with Gasteiger partial charge in [-0.05, 0) is 60.9 Å². The van der Waals surface area contributed by atoms with Crippen molar-refractivity contribution in [2.24, 2.45) is 0 Å². The Labute approximate surface area is 173 Å². The first-order valence-corrected chi connectivity index (χ1v) is 9.56. The van der Waals surface area contributed by atoms with E-state index >= 15 is 0 Å². The summed E-state index contributed by atoms with van der Waals surface area (Å²) < 4.78 is 35.5. The van der Waals surface area contributed by atoms with Crippen molar-refractivity contribution in [3.63, 3.8) is 0 Å². The standard InChI is InChI=1S/C21H16F2N2O3.C2H6/c1-12-5-3-4-6-15(12)20(26)25-19-8-7-14(11-24-19)16-10-18-17(9-13(16)2)27-21(22,23)28-18;1-2/h3-11H,1-2H3,(H,24,25,26);1-2H3. The Morgan fingerprint density at radius 2 is 1.63 bits per heavy atom. The molecule has 1 aliphatic heterocycles. The second-order valence-corrected chi connectivity index (χ2v) is 6.48. The highest BCUT2D eigenvalue weighted by Gasteiger charge is 2.43. The third-order valence-corrected chi connectivity index (χ3v) is 4.45. The lowest BCUT2D eigenvalue weighted by Gasteiger charge is -2.09. The van der Waals surface area contributed by atoms with Crippen molar-refractivity contribution in [3.05, 3.63) is 71.4 Å². The van der Waals surface area contributed by atoms with E-state index in [0.29, 0.717) is 22.5 Å². The van der Waals surface area contributed by atoms with Gasteiger partial charge in [-0.25, -0.2) is 4.98 Å². The van der Waals surface area contributed by atoms with Crippen molar-refractivity contribution in [3.8, 4) is 22.6 Å². The van der Waals surface area contributed by atoms with Gasteiger partial charge in [0.25, 0.3) is 5.91 Å². The number of aryl methyl sites for hydroxylation is 2.